The third-order valence-electron chi connectivity index (χ3n) is 2.56. The van der Waals surface area contributed by atoms with Gasteiger partial charge in [0, 0.05) is 19.5 Å². The molecule has 23 heavy (non-hydrogen) atoms. The molecule has 0 aliphatic heterocycles. The topological polar surface area (TPSA) is 122 Å². The molecule has 1 rings (SSSR count). The Morgan fingerprint density at radius 1 is 1.17 bits per heavy atom. The van der Waals surface area contributed by atoms with Crippen LogP contribution in [0.1, 0.15) is 6.42 Å². The number of benzene rings is 1. The van der Waals surface area contributed by atoms with Crippen LogP contribution < -0.4 is 10.0 Å². The van der Waals surface area contributed by atoms with E-state index in [9.17, 15) is 22.4 Å². The van der Waals surface area contributed by atoms with Crippen LogP contribution in [0.5, 0.6) is 0 Å². The number of sulfonamides is 1. The first-order valence-electron chi connectivity index (χ1n) is 6.63. The Hall–Kier alpha value is -2.04. The van der Waals surface area contributed by atoms with E-state index < -0.39 is 34.3 Å². The minimum Gasteiger partial charge on any atom is -0.480 e. The molecule has 0 aliphatic carbocycles. The maximum Gasteiger partial charge on any atom is 0.329 e. The van der Waals surface area contributed by atoms with E-state index in [1.54, 1.807) is 0 Å². The summed E-state index contributed by atoms with van der Waals surface area (Å²) >= 11 is 0. The zero-order valence-electron chi connectivity index (χ0n) is 12.1. The highest BCUT2D eigenvalue weighted by atomic mass is 32.2. The largest absolute Gasteiger partial charge is 0.480 e. The molecule has 0 bridgehead atoms. The SMILES string of the molecule is O=C(O)COCCNC(=O)CCNS(=O)(=O)c1ccc(F)cc1. The molecule has 0 saturated carbocycles. The molecule has 0 atom stereocenters. The van der Waals surface area contributed by atoms with E-state index in [1.165, 1.54) is 0 Å². The Labute approximate surface area is 132 Å². The predicted octanol–water partition coefficient (Wildman–Crippen LogP) is -0.288. The number of hydrogen-bond donors (Lipinski definition) is 3. The minimum absolute atomic E-state index is 0.0410. The highest BCUT2D eigenvalue weighted by Gasteiger charge is 2.14. The number of hydrogen-bond acceptors (Lipinski definition) is 5. The predicted molar refractivity (Wildman–Crippen MR) is 77.7 cm³/mol. The summed E-state index contributed by atoms with van der Waals surface area (Å²) in [7, 11) is -3.80. The lowest BCUT2D eigenvalue weighted by Gasteiger charge is -2.07. The Morgan fingerprint density at radius 3 is 2.43 bits per heavy atom. The third kappa shape index (κ3) is 7.68. The lowest BCUT2D eigenvalue weighted by molar-refractivity contribution is -0.142. The van der Waals surface area contributed by atoms with E-state index in [-0.39, 0.29) is 31.0 Å². The van der Waals surface area contributed by atoms with Gasteiger partial charge in [-0.1, -0.05) is 0 Å². The number of carbonyl (C=O) groups excluding carboxylic acids is 1. The van der Waals surface area contributed by atoms with Crippen LogP contribution in [0.25, 0.3) is 0 Å². The molecule has 0 fully saturated rings. The van der Waals surface area contributed by atoms with Gasteiger partial charge < -0.3 is 15.2 Å². The van der Waals surface area contributed by atoms with Gasteiger partial charge in [0.15, 0.2) is 0 Å². The summed E-state index contributed by atoms with van der Waals surface area (Å²) in [5.41, 5.74) is 0. The molecule has 1 aromatic carbocycles. The lowest BCUT2D eigenvalue weighted by Crippen LogP contribution is -2.32. The quantitative estimate of drug-likeness (QED) is 0.500. The van der Waals surface area contributed by atoms with Crippen molar-refractivity contribution in [1.29, 1.82) is 0 Å². The molecule has 10 heteroatoms. The van der Waals surface area contributed by atoms with Crippen LogP contribution >= 0.6 is 0 Å². The first-order chi connectivity index (χ1) is 10.8. The Kier molecular flexibility index (Phi) is 7.59. The summed E-state index contributed by atoms with van der Waals surface area (Å²) in [5.74, 6) is -2.06. The van der Waals surface area contributed by atoms with Crippen molar-refractivity contribution in [1.82, 2.24) is 10.0 Å². The molecule has 8 nitrogen and oxygen atoms in total. The summed E-state index contributed by atoms with van der Waals surface area (Å²) in [6.07, 6.45) is -0.0979. The molecule has 3 N–H and O–H groups in total. The monoisotopic (exact) mass is 348 g/mol. The van der Waals surface area contributed by atoms with Gasteiger partial charge in [-0.2, -0.15) is 0 Å². The maximum atomic E-state index is 12.7. The average Bonchev–Trinajstić information content (AvgIpc) is 2.46. The van der Waals surface area contributed by atoms with Crippen LogP contribution in [0.3, 0.4) is 0 Å². The van der Waals surface area contributed by atoms with Gasteiger partial charge in [0.1, 0.15) is 12.4 Å². The van der Waals surface area contributed by atoms with Crippen LogP contribution in [0, 0.1) is 5.82 Å². The maximum absolute atomic E-state index is 12.7. The zero-order chi connectivity index (χ0) is 17.3. The van der Waals surface area contributed by atoms with Crippen LogP contribution in [-0.2, 0) is 24.3 Å². The lowest BCUT2D eigenvalue weighted by atomic mass is 10.4. The summed E-state index contributed by atoms with van der Waals surface area (Å²) in [4.78, 5) is 21.5. The Morgan fingerprint density at radius 2 is 1.83 bits per heavy atom. The van der Waals surface area contributed by atoms with E-state index in [2.05, 4.69) is 10.0 Å². The van der Waals surface area contributed by atoms with Gasteiger partial charge in [-0.25, -0.2) is 22.3 Å². The van der Waals surface area contributed by atoms with E-state index >= 15 is 0 Å². The minimum atomic E-state index is -3.80. The van der Waals surface area contributed by atoms with Crippen LogP contribution in [0.4, 0.5) is 4.39 Å². The molecule has 0 spiro atoms. The number of nitrogens with one attached hydrogen (secondary N) is 2. The first kappa shape index (κ1) is 19.0. The van der Waals surface area contributed by atoms with E-state index in [0.717, 1.165) is 24.3 Å². The van der Waals surface area contributed by atoms with Gasteiger partial charge in [-0.3, -0.25) is 4.79 Å². The molecular weight excluding hydrogens is 331 g/mol. The normalized spacial score (nSPS) is 11.2. The van der Waals surface area contributed by atoms with Crippen molar-refractivity contribution in [2.24, 2.45) is 0 Å². The number of carboxylic acid groups (broad SMARTS) is 1. The summed E-state index contributed by atoms with van der Waals surface area (Å²) in [6, 6.07) is 4.30. The molecule has 1 amide bonds. The summed E-state index contributed by atoms with van der Waals surface area (Å²) in [5, 5.41) is 10.8. The van der Waals surface area contributed by atoms with Gasteiger partial charge in [0.2, 0.25) is 15.9 Å². The van der Waals surface area contributed by atoms with Crippen molar-refractivity contribution in [2.45, 2.75) is 11.3 Å². The van der Waals surface area contributed by atoms with Gasteiger partial charge in [0.25, 0.3) is 0 Å². The summed E-state index contributed by atoms with van der Waals surface area (Å²) < 4.78 is 43.4. The molecule has 0 aliphatic rings. The molecule has 0 unspecified atom stereocenters. The van der Waals surface area contributed by atoms with Crippen LogP contribution in [0.2, 0.25) is 0 Å². The number of carboxylic acids is 1. The number of amides is 1. The number of ether oxygens (including phenoxy) is 1. The van der Waals surface area contributed by atoms with Crippen molar-refractivity contribution in [3.05, 3.63) is 30.1 Å². The molecular formula is C13H17FN2O6S. The van der Waals surface area contributed by atoms with E-state index in [4.69, 9.17) is 9.84 Å². The second-order valence-electron chi connectivity index (χ2n) is 4.40. The van der Waals surface area contributed by atoms with Crippen molar-refractivity contribution in [3.8, 4) is 0 Å². The number of rotatable bonds is 10. The summed E-state index contributed by atoms with van der Waals surface area (Å²) in [6.45, 7) is -0.412. The smallest absolute Gasteiger partial charge is 0.329 e. The van der Waals surface area contributed by atoms with Crippen molar-refractivity contribution in [2.75, 3.05) is 26.3 Å². The van der Waals surface area contributed by atoms with Crippen molar-refractivity contribution >= 4 is 21.9 Å². The number of halogens is 1. The van der Waals surface area contributed by atoms with Gasteiger partial charge in [0.05, 0.1) is 11.5 Å². The standard InChI is InChI=1S/C13H17FN2O6S/c14-10-1-3-11(4-2-10)23(20,21)16-6-5-12(17)15-7-8-22-9-13(18)19/h1-4,16H,5-9H2,(H,15,17)(H,18,19). The van der Waals surface area contributed by atoms with Crippen molar-refractivity contribution < 1.29 is 32.2 Å². The molecule has 1 aromatic rings. The van der Waals surface area contributed by atoms with Gasteiger partial charge in [-0.15, -0.1) is 0 Å². The molecule has 0 radical (unpaired) electrons. The average molecular weight is 348 g/mol. The van der Waals surface area contributed by atoms with Crippen LogP contribution in [-0.4, -0.2) is 51.7 Å². The highest BCUT2D eigenvalue weighted by Crippen LogP contribution is 2.09. The Bertz CT molecular complexity index is 632. The molecule has 128 valence electrons. The second kappa shape index (κ2) is 9.18. The molecule has 0 aromatic heterocycles. The number of carbonyl (C=O) groups is 2. The second-order valence-corrected chi connectivity index (χ2v) is 6.16. The molecule has 0 heterocycles. The Balaban J connectivity index is 2.26. The fourth-order valence-corrected chi connectivity index (χ4v) is 2.54. The fraction of sp³-hybridized carbons (Fsp3) is 0.385. The zero-order valence-corrected chi connectivity index (χ0v) is 12.9. The van der Waals surface area contributed by atoms with Gasteiger partial charge >= 0.3 is 5.97 Å². The van der Waals surface area contributed by atoms with Gasteiger partial charge in [-0.05, 0) is 24.3 Å². The van der Waals surface area contributed by atoms with E-state index in [1.807, 2.05) is 0 Å². The highest BCUT2D eigenvalue weighted by molar-refractivity contribution is 7.89. The van der Waals surface area contributed by atoms with Crippen LogP contribution in [0.15, 0.2) is 29.2 Å². The third-order valence-corrected chi connectivity index (χ3v) is 4.04. The van der Waals surface area contributed by atoms with E-state index in [0.29, 0.717) is 0 Å². The fourth-order valence-electron chi connectivity index (χ4n) is 1.51. The van der Waals surface area contributed by atoms with Crippen molar-refractivity contribution in [3.63, 3.8) is 0 Å². The first-order valence-corrected chi connectivity index (χ1v) is 8.11. The molecule has 0 saturated heterocycles. The number of aliphatic carboxylic acids is 1.